The normalized spacial score (nSPS) is 11.9. The standard InChI is InChI=1S/C15H23BCl2N2O4S/c1-24-15(21)13(19)10-25-9-11-8-12(16(22)23)2-3-14(11)20(6-4-17)7-5-18/h2-3,8,13,22-23H,4-7,9-10,19H2,1H3/t13-/m1/s1. The Balaban J connectivity index is 2.95. The second kappa shape index (κ2) is 11.9. The zero-order chi connectivity index (χ0) is 18.8. The molecule has 1 aromatic rings. The van der Waals surface area contributed by atoms with Crippen molar-refractivity contribution < 1.29 is 19.6 Å². The molecule has 0 unspecified atom stereocenters. The summed E-state index contributed by atoms with van der Waals surface area (Å²) in [5.41, 5.74) is 7.95. The van der Waals surface area contributed by atoms with Crippen molar-refractivity contribution in [3.8, 4) is 0 Å². The van der Waals surface area contributed by atoms with Gasteiger partial charge in [0.1, 0.15) is 6.04 Å². The van der Waals surface area contributed by atoms with Crippen LogP contribution in [0.3, 0.4) is 0 Å². The Morgan fingerprint density at radius 2 is 2.00 bits per heavy atom. The Morgan fingerprint density at radius 1 is 1.36 bits per heavy atom. The van der Waals surface area contributed by atoms with Gasteiger partial charge in [-0.05, 0) is 17.1 Å². The lowest BCUT2D eigenvalue weighted by Crippen LogP contribution is -2.34. The monoisotopic (exact) mass is 408 g/mol. The second-order valence-electron chi connectivity index (χ2n) is 5.27. The molecule has 0 aliphatic rings. The molecule has 6 nitrogen and oxygen atoms in total. The van der Waals surface area contributed by atoms with E-state index in [1.807, 2.05) is 11.0 Å². The summed E-state index contributed by atoms with van der Waals surface area (Å²) >= 11 is 13.2. The van der Waals surface area contributed by atoms with Crippen LogP contribution in [0.4, 0.5) is 5.69 Å². The summed E-state index contributed by atoms with van der Waals surface area (Å²) in [5, 5.41) is 18.8. The van der Waals surface area contributed by atoms with E-state index in [-0.39, 0.29) is 0 Å². The molecule has 0 saturated heterocycles. The highest BCUT2D eigenvalue weighted by Gasteiger charge is 2.18. The molecule has 140 valence electrons. The van der Waals surface area contributed by atoms with Gasteiger partial charge < -0.3 is 25.4 Å². The van der Waals surface area contributed by atoms with E-state index in [1.165, 1.54) is 18.9 Å². The van der Waals surface area contributed by atoms with Crippen molar-refractivity contribution in [2.75, 3.05) is 42.6 Å². The quantitative estimate of drug-likeness (QED) is 0.276. The SMILES string of the molecule is COC(=O)[C@H](N)CSCc1cc(B(O)O)ccc1N(CCCl)CCCl. The topological polar surface area (TPSA) is 96.0 Å². The number of rotatable bonds is 11. The fourth-order valence-electron chi connectivity index (χ4n) is 2.26. The van der Waals surface area contributed by atoms with Crippen LogP contribution in [0.25, 0.3) is 0 Å². The lowest BCUT2D eigenvalue weighted by Gasteiger charge is -2.26. The number of methoxy groups -OCH3 is 1. The fourth-order valence-corrected chi connectivity index (χ4v) is 3.63. The molecule has 1 aromatic carbocycles. The molecule has 4 N–H and O–H groups in total. The second-order valence-corrected chi connectivity index (χ2v) is 7.06. The first-order valence-electron chi connectivity index (χ1n) is 7.71. The number of halogens is 2. The van der Waals surface area contributed by atoms with E-state index in [0.29, 0.717) is 41.8 Å². The Morgan fingerprint density at radius 3 is 2.52 bits per heavy atom. The van der Waals surface area contributed by atoms with Gasteiger partial charge in [-0.25, -0.2) is 0 Å². The highest BCUT2D eigenvalue weighted by molar-refractivity contribution is 7.98. The average Bonchev–Trinajstić information content (AvgIpc) is 2.60. The van der Waals surface area contributed by atoms with Crippen LogP contribution in [-0.2, 0) is 15.3 Å². The van der Waals surface area contributed by atoms with Crippen molar-refractivity contribution in [3.63, 3.8) is 0 Å². The summed E-state index contributed by atoms with van der Waals surface area (Å²) in [5.74, 6) is 1.37. The molecule has 0 aliphatic heterocycles. The molecule has 1 atom stereocenters. The minimum atomic E-state index is -1.55. The number of hydrogen-bond acceptors (Lipinski definition) is 7. The van der Waals surface area contributed by atoms with E-state index in [9.17, 15) is 14.8 Å². The van der Waals surface area contributed by atoms with Gasteiger partial charge in [0, 0.05) is 42.0 Å². The molecule has 10 heteroatoms. The van der Waals surface area contributed by atoms with E-state index in [0.717, 1.165) is 11.3 Å². The number of esters is 1. The molecule has 0 heterocycles. The molecule has 0 bridgehead atoms. The van der Waals surface area contributed by atoms with Crippen LogP contribution in [0.5, 0.6) is 0 Å². The molecule has 0 radical (unpaired) electrons. The van der Waals surface area contributed by atoms with E-state index >= 15 is 0 Å². The first-order chi connectivity index (χ1) is 11.9. The lowest BCUT2D eigenvalue weighted by molar-refractivity contribution is -0.141. The van der Waals surface area contributed by atoms with E-state index < -0.39 is 19.1 Å². The Bertz CT molecular complexity index is 548. The van der Waals surface area contributed by atoms with Crippen molar-refractivity contribution >= 4 is 59.2 Å². The van der Waals surface area contributed by atoms with Gasteiger partial charge in [-0.2, -0.15) is 11.8 Å². The van der Waals surface area contributed by atoms with Gasteiger partial charge in [0.2, 0.25) is 0 Å². The van der Waals surface area contributed by atoms with Gasteiger partial charge in [0.25, 0.3) is 0 Å². The fraction of sp³-hybridized carbons (Fsp3) is 0.533. The minimum absolute atomic E-state index is 0.392. The summed E-state index contributed by atoms with van der Waals surface area (Å²) in [6, 6.07) is 4.51. The molecular formula is C15H23BCl2N2O4S. The lowest BCUT2D eigenvalue weighted by atomic mass is 9.79. The number of benzene rings is 1. The highest BCUT2D eigenvalue weighted by atomic mass is 35.5. The van der Waals surface area contributed by atoms with Crippen LogP contribution in [0.2, 0.25) is 0 Å². The van der Waals surface area contributed by atoms with Crippen molar-refractivity contribution in [2.24, 2.45) is 5.73 Å². The number of thioether (sulfide) groups is 1. The molecular weight excluding hydrogens is 386 g/mol. The maximum Gasteiger partial charge on any atom is 0.488 e. The predicted octanol–water partition coefficient (Wildman–Crippen LogP) is 0.384. The third-order valence-corrected chi connectivity index (χ3v) is 4.96. The van der Waals surface area contributed by atoms with Gasteiger partial charge in [0.15, 0.2) is 0 Å². The molecule has 0 aliphatic carbocycles. The van der Waals surface area contributed by atoms with Gasteiger partial charge in [-0.3, -0.25) is 4.79 Å². The van der Waals surface area contributed by atoms with Crippen molar-refractivity contribution in [3.05, 3.63) is 23.8 Å². The number of anilines is 1. The van der Waals surface area contributed by atoms with Crippen molar-refractivity contribution in [1.29, 1.82) is 0 Å². The highest BCUT2D eigenvalue weighted by Crippen LogP contribution is 2.25. The van der Waals surface area contributed by atoms with Crippen molar-refractivity contribution in [1.82, 2.24) is 0 Å². The van der Waals surface area contributed by atoms with E-state index in [1.54, 1.807) is 12.1 Å². The summed E-state index contributed by atoms with van der Waals surface area (Å²) in [6.45, 7) is 1.24. The maximum atomic E-state index is 11.4. The number of alkyl halides is 2. The zero-order valence-corrected chi connectivity index (χ0v) is 16.4. The van der Waals surface area contributed by atoms with Crippen LogP contribution < -0.4 is 16.1 Å². The maximum absolute atomic E-state index is 11.4. The minimum Gasteiger partial charge on any atom is -0.468 e. The molecule has 0 fully saturated rings. The molecule has 0 saturated carbocycles. The predicted molar refractivity (Wildman–Crippen MR) is 106 cm³/mol. The summed E-state index contributed by atoms with van der Waals surface area (Å²) < 4.78 is 4.61. The molecule has 0 spiro atoms. The Labute approximate surface area is 162 Å². The van der Waals surface area contributed by atoms with E-state index in [2.05, 4.69) is 4.74 Å². The van der Waals surface area contributed by atoms with E-state index in [4.69, 9.17) is 28.9 Å². The van der Waals surface area contributed by atoms with Gasteiger partial charge in [-0.15, -0.1) is 23.2 Å². The summed E-state index contributed by atoms with van der Waals surface area (Å²) in [7, 11) is -0.252. The molecule has 25 heavy (non-hydrogen) atoms. The molecule has 1 rings (SSSR count). The molecule has 0 amide bonds. The number of nitrogens with two attached hydrogens (primary N) is 1. The average molecular weight is 409 g/mol. The number of carbonyl (C=O) groups excluding carboxylic acids is 1. The molecule has 0 aromatic heterocycles. The van der Waals surface area contributed by atoms with Crippen LogP contribution in [0.15, 0.2) is 18.2 Å². The first-order valence-corrected chi connectivity index (χ1v) is 9.94. The summed E-state index contributed by atoms with van der Waals surface area (Å²) in [6.07, 6.45) is 0. The van der Waals surface area contributed by atoms with Crippen LogP contribution in [0.1, 0.15) is 5.56 Å². The third kappa shape index (κ3) is 7.25. The zero-order valence-electron chi connectivity index (χ0n) is 14.0. The van der Waals surface area contributed by atoms with Crippen LogP contribution in [-0.4, -0.2) is 66.9 Å². The number of ether oxygens (including phenoxy) is 1. The van der Waals surface area contributed by atoms with Crippen LogP contribution in [0, 0.1) is 0 Å². The largest absolute Gasteiger partial charge is 0.488 e. The summed E-state index contributed by atoms with van der Waals surface area (Å²) in [4.78, 5) is 13.4. The van der Waals surface area contributed by atoms with Gasteiger partial charge in [0.05, 0.1) is 7.11 Å². The number of hydrogen-bond donors (Lipinski definition) is 3. The smallest absolute Gasteiger partial charge is 0.468 e. The third-order valence-electron chi connectivity index (χ3n) is 3.51. The van der Waals surface area contributed by atoms with Gasteiger partial charge in [-0.1, -0.05) is 12.1 Å². The number of nitrogens with zero attached hydrogens (tertiary/aromatic N) is 1. The van der Waals surface area contributed by atoms with Crippen LogP contribution >= 0.6 is 35.0 Å². The van der Waals surface area contributed by atoms with Gasteiger partial charge >= 0.3 is 13.1 Å². The number of carbonyl (C=O) groups is 1. The first kappa shape index (κ1) is 22.4. The van der Waals surface area contributed by atoms with Crippen molar-refractivity contribution in [2.45, 2.75) is 11.8 Å². The Hall–Kier alpha value is -0.635. The Kier molecular flexibility index (Phi) is 10.6.